The monoisotopic (exact) mass is 466 g/mol. The van der Waals surface area contributed by atoms with Crippen molar-refractivity contribution in [1.82, 2.24) is 5.32 Å². The number of rotatable bonds is 8. The lowest BCUT2D eigenvalue weighted by atomic mass is 9.96. The van der Waals surface area contributed by atoms with Crippen LogP contribution in [-0.2, 0) is 14.8 Å². The normalized spacial score (nSPS) is 12.2. The van der Waals surface area contributed by atoms with Crippen LogP contribution >= 0.6 is 0 Å². The second-order valence-corrected chi connectivity index (χ2v) is 9.95. The molecule has 3 aromatic rings. The molecule has 0 spiro atoms. The molecule has 0 saturated carbocycles. The van der Waals surface area contributed by atoms with E-state index in [0.29, 0.717) is 11.4 Å². The summed E-state index contributed by atoms with van der Waals surface area (Å²) in [5, 5.41) is 2.95. The van der Waals surface area contributed by atoms with Crippen LogP contribution in [0.5, 0.6) is 5.75 Å². The van der Waals surface area contributed by atoms with E-state index in [4.69, 9.17) is 4.74 Å². The molecule has 0 radical (unpaired) electrons. The van der Waals surface area contributed by atoms with Gasteiger partial charge < -0.3 is 10.1 Å². The summed E-state index contributed by atoms with van der Waals surface area (Å²) in [5.41, 5.74) is 5.96. The third-order valence-electron chi connectivity index (χ3n) is 5.62. The van der Waals surface area contributed by atoms with Crippen LogP contribution in [0.3, 0.4) is 0 Å². The summed E-state index contributed by atoms with van der Waals surface area (Å²) in [7, 11) is -3.73. The van der Waals surface area contributed by atoms with Crippen LogP contribution in [0.25, 0.3) is 0 Å². The van der Waals surface area contributed by atoms with Crippen molar-refractivity contribution in [3.05, 3.63) is 88.5 Å². The van der Waals surface area contributed by atoms with Crippen molar-refractivity contribution >= 4 is 21.6 Å². The first kappa shape index (κ1) is 24.3. The van der Waals surface area contributed by atoms with Gasteiger partial charge in [-0.3, -0.25) is 9.52 Å². The fourth-order valence-electron chi connectivity index (χ4n) is 3.57. The molecule has 0 aromatic heterocycles. The number of sulfonamides is 1. The zero-order valence-corrected chi connectivity index (χ0v) is 20.4. The number of benzene rings is 3. The molecule has 33 heavy (non-hydrogen) atoms. The molecule has 3 rings (SSSR count). The highest BCUT2D eigenvalue weighted by molar-refractivity contribution is 7.92. The van der Waals surface area contributed by atoms with Gasteiger partial charge in [-0.25, -0.2) is 8.42 Å². The molecule has 0 heterocycles. The van der Waals surface area contributed by atoms with Crippen molar-refractivity contribution in [3.63, 3.8) is 0 Å². The van der Waals surface area contributed by atoms with E-state index in [1.807, 2.05) is 32.9 Å². The van der Waals surface area contributed by atoms with E-state index < -0.39 is 10.0 Å². The Labute approximate surface area is 196 Å². The van der Waals surface area contributed by atoms with Gasteiger partial charge >= 0.3 is 0 Å². The molecule has 3 aromatic carbocycles. The van der Waals surface area contributed by atoms with Crippen molar-refractivity contribution < 1.29 is 17.9 Å². The number of hydrogen-bond donors (Lipinski definition) is 2. The Morgan fingerprint density at radius 2 is 1.52 bits per heavy atom. The van der Waals surface area contributed by atoms with Crippen molar-refractivity contribution in [1.29, 1.82) is 0 Å². The Hall–Kier alpha value is -3.32. The third kappa shape index (κ3) is 6.14. The van der Waals surface area contributed by atoms with Crippen molar-refractivity contribution in [3.8, 4) is 5.75 Å². The highest BCUT2D eigenvalue weighted by atomic mass is 32.2. The standard InChI is InChI=1S/C26H30N2O4S/c1-17-8-6-7-9-25(17)28-33(30,31)23-12-10-22(11-13-23)32-16-26(29)27-21(5)24-15-19(3)18(2)14-20(24)4/h6-15,21,28H,16H2,1-5H3,(H,27,29)/t21-/m0/s1. The van der Waals surface area contributed by atoms with E-state index in [0.717, 1.165) is 16.7 Å². The molecule has 7 heteroatoms. The molecule has 6 nitrogen and oxygen atoms in total. The first-order valence-corrected chi connectivity index (χ1v) is 12.2. The van der Waals surface area contributed by atoms with Crippen LogP contribution in [0.1, 0.15) is 40.8 Å². The molecular formula is C26H30N2O4S. The van der Waals surface area contributed by atoms with Gasteiger partial charge in [0.25, 0.3) is 15.9 Å². The Bertz CT molecular complexity index is 1250. The van der Waals surface area contributed by atoms with Gasteiger partial charge in [0.05, 0.1) is 16.6 Å². The van der Waals surface area contributed by atoms with E-state index in [-0.39, 0.29) is 23.5 Å². The maximum absolute atomic E-state index is 12.6. The number of aryl methyl sites for hydroxylation is 4. The van der Waals surface area contributed by atoms with Crippen molar-refractivity contribution in [2.45, 2.75) is 45.6 Å². The molecule has 0 saturated heterocycles. The molecule has 2 N–H and O–H groups in total. The number of carbonyl (C=O) groups excluding carboxylic acids is 1. The summed E-state index contributed by atoms with van der Waals surface area (Å²) in [6.07, 6.45) is 0. The topological polar surface area (TPSA) is 84.5 Å². The summed E-state index contributed by atoms with van der Waals surface area (Å²) in [6, 6.07) is 17.2. The number of ether oxygens (including phenoxy) is 1. The van der Waals surface area contributed by atoms with E-state index >= 15 is 0 Å². The second-order valence-electron chi connectivity index (χ2n) is 8.26. The molecule has 0 aliphatic carbocycles. The minimum Gasteiger partial charge on any atom is -0.484 e. The van der Waals surface area contributed by atoms with Gasteiger partial charge in [0.15, 0.2) is 6.61 Å². The van der Waals surface area contributed by atoms with E-state index in [2.05, 4.69) is 36.0 Å². The number of para-hydroxylation sites is 1. The molecule has 174 valence electrons. The highest BCUT2D eigenvalue weighted by Gasteiger charge is 2.16. The molecule has 0 unspecified atom stereocenters. The largest absolute Gasteiger partial charge is 0.484 e. The minimum absolute atomic E-state index is 0.112. The Morgan fingerprint density at radius 1 is 0.879 bits per heavy atom. The lowest BCUT2D eigenvalue weighted by Gasteiger charge is -2.18. The van der Waals surface area contributed by atoms with Gasteiger partial charge in [0.1, 0.15) is 5.75 Å². The maximum Gasteiger partial charge on any atom is 0.261 e. The molecule has 1 atom stereocenters. The van der Waals surface area contributed by atoms with Crippen LogP contribution in [0.4, 0.5) is 5.69 Å². The average molecular weight is 467 g/mol. The fraction of sp³-hybridized carbons (Fsp3) is 0.269. The molecule has 1 amide bonds. The zero-order chi connectivity index (χ0) is 24.2. The van der Waals surface area contributed by atoms with Crippen LogP contribution in [0.15, 0.2) is 65.6 Å². The minimum atomic E-state index is -3.73. The van der Waals surface area contributed by atoms with Gasteiger partial charge in [-0.05, 0) is 92.8 Å². The first-order chi connectivity index (χ1) is 15.6. The lowest BCUT2D eigenvalue weighted by molar-refractivity contribution is -0.123. The van der Waals surface area contributed by atoms with Gasteiger partial charge in [-0.2, -0.15) is 0 Å². The number of carbonyl (C=O) groups is 1. The summed E-state index contributed by atoms with van der Waals surface area (Å²) >= 11 is 0. The Morgan fingerprint density at radius 3 is 2.18 bits per heavy atom. The van der Waals surface area contributed by atoms with Crippen LogP contribution in [0, 0.1) is 27.7 Å². The third-order valence-corrected chi connectivity index (χ3v) is 7.00. The Balaban J connectivity index is 1.58. The number of nitrogens with one attached hydrogen (secondary N) is 2. The van der Waals surface area contributed by atoms with Crippen LogP contribution in [-0.4, -0.2) is 20.9 Å². The molecule has 0 bridgehead atoms. The predicted octanol–water partition coefficient (Wildman–Crippen LogP) is 4.98. The molecule has 0 fully saturated rings. The summed E-state index contributed by atoms with van der Waals surface area (Å²) in [4.78, 5) is 12.5. The molecular weight excluding hydrogens is 436 g/mol. The van der Waals surface area contributed by atoms with Gasteiger partial charge in [0, 0.05) is 0 Å². The van der Waals surface area contributed by atoms with Crippen LogP contribution in [0.2, 0.25) is 0 Å². The second kappa shape index (κ2) is 10.1. The SMILES string of the molecule is Cc1cc(C)c([C@H](C)NC(=O)COc2ccc(S(=O)(=O)Nc3ccccc3C)cc2)cc1C. The van der Waals surface area contributed by atoms with E-state index in [1.165, 1.54) is 35.4 Å². The van der Waals surface area contributed by atoms with Crippen LogP contribution < -0.4 is 14.8 Å². The average Bonchev–Trinajstić information content (AvgIpc) is 2.76. The van der Waals surface area contributed by atoms with Gasteiger partial charge in [-0.1, -0.05) is 30.3 Å². The predicted molar refractivity (Wildman–Crippen MR) is 131 cm³/mol. The van der Waals surface area contributed by atoms with E-state index in [9.17, 15) is 13.2 Å². The smallest absolute Gasteiger partial charge is 0.261 e. The lowest BCUT2D eigenvalue weighted by Crippen LogP contribution is -2.31. The highest BCUT2D eigenvalue weighted by Crippen LogP contribution is 2.23. The fourth-order valence-corrected chi connectivity index (χ4v) is 4.70. The summed E-state index contributed by atoms with van der Waals surface area (Å²) < 4.78 is 33.4. The number of hydrogen-bond acceptors (Lipinski definition) is 4. The number of anilines is 1. The number of amides is 1. The van der Waals surface area contributed by atoms with Gasteiger partial charge in [0.2, 0.25) is 0 Å². The molecule has 0 aliphatic rings. The Kier molecular flexibility index (Phi) is 7.43. The van der Waals surface area contributed by atoms with Gasteiger partial charge in [-0.15, -0.1) is 0 Å². The maximum atomic E-state index is 12.6. The molecule has 0 aliphatic heterocycles. The quantitative estimate of drug-likeness (QED) is 0.491. The summed E-state index contributed by atoms with van der Waals surface area (Å²) in [5.74, 6) is 0.160. The summed E-state index contributed by atoms with van der Waals surface area (Å²) in [6.45, 7) is 9.76. The van der Waals surface area contributed by atoms with Crippen molar-refractivity contribution in [2.24, 2.45) is 0 Å². The first-order valence-electron chi connectivity index (χ1n) is 10.8. The zero-order valence-electron chi connectivity index (χ0n) is 19.6. The van der Waals surface area contributed by atoms with Crippen molar-refractivity contribution in [2.75, 3.05) is 11.3 Å². The van der Waals surface area contributed by atoms with E-state index in [1.54, 1.807) is 12.1 Å².